The molecular formula is C23H25N3O3. The molecule has 29 heavy (non-hydrogen) atoms. The molecule has 0 radical (unpaired) electrons. The molecule has 150 valence electrons. The van der Waals surface area contributed by atoms with Gasteiger partial charge in [-0.2, -0.15) is 0 Å². The van der Waals surface area contributed by atoms with Crippen LogP contribution in [-0.4, -0.2) is 28.3 Å². The van der Waals surface area contributed by atoms with E-state index in [4.69, 9.17) is 4.74 Å². The van der Waals surface area contributed by atoms with Gasteiger partial charge in [0.15, 0.2) is 5.82 Å². The monoisotopic (exact) mass is 391 g/mol. The summed E-state index contributed by atoms with van der Waals surface area (Å²) in [5, 5.41) is 7.49. The summed E-state index contributed by atoms with van der Waals surface area (Å²) in [6, 6.07) is 16.6. The lowest BCUT2D eigenvalue weighted by Gasteiger charge is -2.07. The molecule has 0 saturated carbocycles. The topological polar surface area (TPSA) is 73.2 Å². The largest absolute Gasteiger partial charge is 0.462 e. The minimum absolute atomic E-state index is 0.110. The molecule has 1 amide bonds. The van der Waals surface area contributed by atoms with Crippen LogP contribution in [0.5, 0.6) is 0 Å². The number of amides is 1. The summed E-state index contributed by atoms with van der Waals surface area (Å²) in [6.45, 7) is 6.22. The van der Waals surface area contributed by atoms with Crippen molar-refractivity contribution in [3.05, 3.63) is 77.5 Å². The van der Waals surface area contributed by atoms with Gasteiger partial charge >= 0.3 is 5.97 Å². The van der Waals surface area contributed by atoms with E-state index in [1.807, 2.05) is 36.5 Å². The lowest BCUT2D eigenvalue weighted by atomic mass is 10.1. The maximum Gasteiger partial charge on any atom is 0.338 e. The molecule has 0 aliphatic rings. The molecule has 1 aromatic heterocycles. The second-order valence-electron chi connectivity index (χ2n) is 7.01. The zero-order valence-electron chi connectivity index (χ0n) is 16.9. The molecular weight excluding hydrogens is 366 g/mol. The highest BCUT2D eigenvalue weighted by Crippen LogP contribution is 2.25. The summed E-state index contributed by atoms with van der Waals surface area (Å²) in [6.07, 6.45) is 2.20. The fourth-order valence-electron chi connectivity index (χ4n) is 2.96. The first-order valence-corrected chi connectivity index (χ1v) is 9.68. The van der Waals surface area contributed by atoms with Gasteiger partial charge in [0.2, 0.25) is 5.91 Å². The molecule has 0 aliphatic carbocycles. The van der Waals surface area contributed by atoms with Crippen LogP contribution in [0.4, 0.5) is 5.82 Å². The van der Waals surface area contributed by atoms with Crippen LogP contribution in [-0.2, 0) is 16.0 Å². The van der Waals surface area contributed by atoms with Crippen molar-refractivity contribution >= 4 is 17.7 Å². The minimum Gasteiger partial charge on any atom is -0.462 e. The number of hydrogen-bond donors (Lipinski definition) is 1. The van der Waals surface area contributed by atoms with E-state index in [-0.39, 0.29) is 17.8 Å². The van der Waals surface area contributed by atoms with Gasteiger partial charge in [-0.05, 0) is 42.7 Å². The highest BCUT2D eigenvalue weighted by molar-refractivity contribution is 5.92. The zero-order chi connectivity index (χ0) is 20.8. The van der Waals surface area contributed by atoms with Gasteiger partial charge < -0.3 is 10.1 Å². The number of rotatable bonds is 7. The van der Waals surface area contributed by atoms with E-state index >= 15 is 0 Å². The van der Waals surface area contributed by atoms with Crippen molar-refractivity contribution in [3.63, 3.8) is 0 Å². The number of aromatic nitrogens is 2. The van der Waals surface area contributed by atoms with Crippen LogP contribution in [0.15, 0.2) is 60.8 Å². The number of nitrogens with zero attached hydrogens (tertiary/aromatic N) is 2. The molecule has 0 aliphatic heterocycles. The van der Waals surface area contributed by atoms with Crippen molar-refractivity contribution in [2.45, 2.75) is 33.1 Å². The van der Waals surface area contributed by atoms with Gasteiger partial charge in [-0.3, -0.25) is 4.79 Å². The summed E-state index contributed by atoms with van der Waals surface area (Å²) in [5.74, 6) is 0.280. The highest BCUT2D eigenvalue weighted by atomic mass is 16.5. The average Bonchev–Trinajstić information content (AvgIpc) is 3.13. The first-order chi connectivity index (χ1) is 14.0. The Balaban J connectivity index is 1.79. The molecule has 0 spiro atoms. The van der Waals surface area contributed by atoms with Gasteiger partial charge in [0, 0.05) is 11.8 Å². The number of hydrogen-bond acceptors (Lipinski definition) is 4. The standard InChI is InChI=1S/C23H25N3O3/c1-4-29-23(28)18-10-12-19(13-11-18)26-15-20(16(2)3)22(25-26)24-21(27)14-17-8-6-5-7-9-17/h5-13,15-16H,4,14H2,1-3H3,(H,24,25,27). The fourth-order valence-corrected chi connectivity index (χ4v) is 2.96. The van der Waals surface area contributed by atoms with Crippen LogP contribution in [0.25, 0.3) is 5.69 Å². The number of ether oxygens (including phenoxy) is 1. The number of anilines is 1. The maximum absolute atomic E-state index is 12.5. The van der Waals surface area contributed by atoms with Crippen molar-refractivity contribution in [1.29, 1.82) is 0 Å². The van der Waals surface area contributed by atoms with Gasteiger partial charge in [-0.25, -0.2) is 9.48 Å². The van der Waals surface area contributed by atoms with Crippen molar-refractivity contribution in [1.82, 2.24) is 9.78 Å². The third-order valence-electron chi connectivity index (χ3n) is 4.47. The Bertz CT molecular complexity index is 976. The minimum atomic E-state index is -0.351. The molecule has 2 aromatic carbocycles. The molecule has 0 saturated heterocycles. The molecule has 0 unspecified atom stereocenters. The molecule has 3 aromatic rings. The number of benzene rings is 2. The molecule has 1 N–H and O–H groups in total. The SMILES string of the molecule is CCOC(=O)c1ccc(-n2cc(C(C)C)c(NC(=O)Cc3ccccc3)n2)cc1. The first kappa shape index (κ1) is 20.3. The number of carbonyl (C=O) groups excluding carboxylic acids is 2. The molecule has 3 rings (SSSR count). The van der Waals surface area contributed by atoms with E-state index in [0.717, 1.165) is 16.8 Å². The Labute approximate surface area is 170 Å². The van der Waals surface area contributed by atoms with Crippen molar-refractivity contribution in [2.75, 3.05) is 11.9 Å². The smallest absolute Gasteiger partial charge is 0.338 e. The van der Waals surface area contributed by atoms with Gasteiger partial charge in [0.05, 0.1) is 24.3 Å². The van der Waals surface area contributed by atoms with Gasteiger partial charge in [-0.1, -0.05) is 44.2 Å². The second kappa shape index (κ2) is 9.19. The Hall–Kier alpha value is -3.41. The summed E-state index contributed by atoms with van der Waals surface area (Å²) in [4.78, 5) is 24.3. The number of carbonyl (C=O) groups is 2. The van der Waals surface area contributed by atoms with Gasteiger partial charge in [0.1, 0.15) is 0 Å². The van der Waals surface area contributed by atoms with Crippen LogP contribution in [0, 0.1) is 0 Å². The normalized spacial score (nSPS) is 10.8. The molecule has 6 heteroatoms. The van der Waals surface area contributed by atoms with Crippen LogP contribution in [0.3, 0.4) is 0 Å². The third kappa shape index (κ3) is 5.10. The van der Waals surface area contributed by atoms with E-state index < -0.39 is 0 Å². The van der Waals surface area contributed by atoms with Gasteiger partial charge in [0.25, 0.3) is 0 Å². The predicted octanol–water partition coefficient (Wildman–Crippen LogP) is 4.35. The summed E-state index contributed by atoms with van der Waals surface area (Å²) < 4.78 is 6.72. The van der Waals surface area contributed by atoms with Crippen LogP contribution in [0.2, 0.25) is 0 Å². The van der Waals surface area contributed by atoms with E-state index in [1.165, 1.54) is 0 Å². The van der Waals surface area contributed by atoms with Crippen molar-refractivity contribution in [3.8, 4) is 5.69 Å². The Morgan fingerprint density at radius 1 is 1.07 bits per heavy atom. The first-order valence-electron chi connectivity index (χ1n) is 9.68. The maximum atomic E-state index is 12.5. The Morgan fingerprint density at radius 3 is 2.38 bits per heavy atom. The summed E-state index contributed by atoms with van der Waals surface area (Å²) >= 11 is 0. The quantitative estimate of drug-likeness (QED) is 0.608. The zero-order valence-corrected chi connectivity index (χ0v) is 16.9. The van der Waals surface area contributed by atoms with E-state index in [9.17, 15) is 9.59 Å². The highest BCUT2D eigenvalue weighted by Gasteiger charge is 2.16. The van der Waals surface area contributed by atoms with Crippen molar-refractivity contribution in [2.24, 2.45) is 0 Å². The molecule has 1 heterocycles. The van der Waals surface area contributed by atoms with E-state index in [0.29, 0.717) is 24.4 Å². The van der Waals surface area contributed by atoms with Crippen molar-refractivity contribution < 1.29 is 14.3 Å². The van der Waals surface area contributed by atoms with E-state index in [2.05, 4.69) is 24.3 Å². The van der Waals surface area contributed by atoms with Crippen LogP contribution >= 0.6 is 0 Å². The molecule has 6 nitrogen and oxygen atoms in total. The van der Waals surface area contributed by atoms with E-state index in [1.54, 1.807) is 35.9 Å². The average molecular weight is 391 g/mol. The predicted molar refractivity (Wildman–Crippen MR) is 112 cm³/mol. The third-order valence-corrected chi connectivity index (χ3v) is 4.47. The number of nitrogens with one attached hydrogen (secondary N) is 1. The molecule has 0 bridgehead atoms. The van der Waals surface area contributed by atoms with Crippen LogP contribution < -0.4 is 5.32 Å². The lowest BCUT2D eigenvalue weighted by Crippen LogP contribution is -2.16. The fraction of sp³-hybridized carbons (Fsp3) is 0.261. The van der Waals surface area contributed by atoms with Crippen LogP contribution in [0.1, 0.15) is 48.2 Å². The molecule has 0 atom stereocenters. The van der Waals surface area contributed by atoms with Gasteiger partial charge in [-0.15, -0.1) is 5.10 Å². The lowest BCUT2D eigenvalue weighted by molar-refractivity contribution is -0.115. The Kier molecular flexibility index (Phi) is 6.44. The second-order valence-corrected chi connectivity index (χ2v) is 7.01. The summed E-state index contributed by atoms with van der Waals surface area (Å²) in [5.41, 5.74) is 3.18. The Morgan fingerprint density at radius 2 is 1.76 bits per heavy atom. The number of esters is 1. The summed E-state index contributed by atoms with van der Waals surface area (Å²) in [7, 11) is 0. The molecule has 0 fully saturated rings.